The van der Waals surface area contributed by atoms with Crippen LogP contribution >= 0.6 is 0 Å². The number of carbonyl (C=O) groups excluding carboxylic acids is 1. The summed E-state index contributed by atoms with van der Waals surface area (Å²) in [6.45, 7) is 0.488. The number of amides is 2. The Labute approximate surface area is 118 Å². The van der Waals surface area contributed by atoms with Crippen LogP contribution in [0, 0.1) is 5.41 Å². The standard InChI is InChI=1S/C14H20N4O2/c1-20-12-6-2-10(3-7-12)17-14(19)18(11-4-5-11)9-8-13(15)16/h2-3,6-7,11H,4-5,8-9H2,1H3,(H3,15,16)(H,17,19). The number of ether oxygens (including phenoxy) is 1. The molecule has 0 aromatic heterocycles. The first-order chi connectivity index (χ1) is 9.60. The highest BCUT2D eigenvalue weighted by Crippen LogP contribution is 2.27. The summed E-state index contributed by atoms with van der Waals surface area (Å²) in [4.78, 5) is 14.0. The largest absolute Gasteiger partial charge is 0.497 e. The lowest BCUT2D eigenvalue weighted by Gasteiger charge is -2.22. The molecule has 0 aliphatic heterocycles. The zero-order valence-electron chi connectivity index (χ0n) is 11.6. The van der Waals surface area contributed by atoms with Gasteiger partial charge in [0.05, 0.1) is 12.9 Å². The summed E-state index contributed by atoms with van der Waals surface area (Å²) in [6, 6.07) is 7.34. The topological polar surface area (TPSA) is 91.4 Å². The maximum atomic E-state index is 12.2. The number of hydrogen-bond donors (Lipinski definition) is 3. The average Bonchev–Trinajstić information content (AvgIpc) is 3.24. The van der Waals surface area contributed by atoms with Gasteiger partial charge >= 0.3 is 6.03 Å². The van der Waals surface area contributed by atoms with Crippen molar-refractivity contribution in [1.29, 1.82) is 5.41 Å². The molecule has 0 radical (unpaired) electrons. The van der Waals surface area contributed by atoms with Gasteiger partial charge < -0.3 is 20.7 Å². The molecule has 2 rings (SSSR count). The summed E-state index contributed by atoms with van der Waals surface area (Å²) in [5, 5.41) is 10.1. The highest BCUT2D eigenvalue weighted by atomic mass is 16.5. The number of amidine groups is 1. The predicted molar refractivity (Wildman–Crippen MR) is 78.3 cm³/mol. The molecule has 0 spiro atoms. The highest BCUT2D eigenvalue weighted by Gasteiger charge is 2.32. The number of nitrogens with zero attached hydrogens (tertiary/aromatic N) is 1. The Morgan fingerprint density at radius 2 is 2.10 bits per heavy atom. The molecular weight excluding hydrogens is 256 g/mol. The van der Waals surface area contributed by atoms with Crippen molar-refractivity contribution >= 4 is 17.6 Å². The fraction of sp³-hybridized carbons (Fsp3) is 0.429. The molecule has 108 valence electrons. The minimum absolute atomic E-state index is 0.105. The van der Waals surface area contributed by atoms with Crippen molar-refractivity contribution in [3.63, 3.8) is 0 Å². The molecule has 1 aliphatic carbocycles. The molecule has 0 heterocycles. The Morgan fingerprint density at radius 1 is 1.45 bits per heavy atom. The number of anilines is 1. The lowest BCUT2D eigenvalue weighted by molar-refractivity contribution is 0.210. The first-order valence-corrected chi connectivity index (χ1v) is 6.64. The van der Waals surface area contributed by atoms with Crippen molar-refractivity contribution in [1.82, 2.24) is 4.90 Å². The lowest BCUT2D eigenvalue weighted by Crippen LogP contribution is -2.38. The van der Waals surface area contributed by atoms with E-state index in [2.05, 4.69) is 5.32 Å². The molecule has 1 aromatic rings. The quantitative estimate of drug-likeness (QED) is 0.548. The van der Waals surface area contributed by atoms with Gasteiger partial charge in [-0.15, -0.1) is 0 Å². The van der Waals surface area contributed by atoms with Crippen LogP contribution in [0.1, 0.15) is 19.3 Å². The van der Waals surface area contributed by atoms with E-state index in [4.69, 9.17) is 15.9 Å². The first-order valence-electron chi connectivity index (χ1n) is 6.64. The molecule has 0 saturated heterocycles. The Balaban J connectivity index is 1.94. The van der Waals surface area contributed by atoms with Gasteiger partial charge in [-0.3, -0.25) is 5.41 Å². The summed E-state index contributed by atoms with van der Waals surface area (Å²) in [7, 11) is 1.60. The number of nitrogens with one attached hydrogen (secondary N) is 2. The maximum Gasteiger partial charge on any atom is 0.322 e. The average molecular weight is 276 g/mol. The minimum Gasteiger partial charge on any atom is -0.497 e. The van der Waals surface area contributed by atoms with Crippen LogP contribution in [0.2, 0.25) is 0 Å². The van der Waals surface area contributed by atoms with Crippen LogP contribution in [-0.2, 0) is 0 Å². The van der Waals surface area contributed by atoms with Gasteiger partial charge in [-0.2, -0.15) is 0 Å². The van der Waals surface area contributed by atoms with Crippen molar-refractivity contribution in [2.45, 2.75) is 25.3 Å². The summed E-state index contributed by atoms with van der Waals surface area (Å²) < 4.78 is 5.07. The Bertz CT molecular complexity index is 482. The Kier molecular flexibility index (Phi) is 4.45. The molecule has 1 saturated carbocycles. The second-order valence-corrected chi connectivity index (χ2v) is 4.86. The molecule has 1 fully saturated rings. The molecule has 1 aromatic carbocycles. The molecule has 1 aliphatic rings. The molecule has 4 N–H and O–H groups in total. The van der Waals surface area contributed by atoms with Crippen molar-refractivity contribution in [3.8, 4) is 5.75 Å². The van der Waals surface area contributed by atoms with Crippen LogP contribution in [0.15, 0.2) is 24.3 Å². The number of carbonyl (C=O) groups is 1. The van der Waals surface area contributed by atoms with E-state index < -0.39 is 0 Å². The third-order valence-electron chi connectivity index (χ3n) is 3.21. The van der Waals surface area contributed by atoms with Crippen LogP contribution in [0.4, 0.5) is 10.5 Å². The van der Waals surface area contributed by atoms with Crippen LogP contribution in [0.5, 0.6) is 5.75 Å². The Morgan fingerprint density at radius 3 is 2.60 bits per heavy atom. The van der Waals surface area contributed by atoms with Crippen molar-refractivity contribution in [3.05, 3.63) is 24.3 Å². The predicted octanol–water partition coefficient (Wildman–Crippen LogP) is 2.02. The molecule has 2 amide bonds. The molecular formula is C14H20N4O2. The van der Waals surface area contributed by atoms with Gasteiger partial charge in [0.2, 0.25) is 0 Å². The smallest absolute Gasteiger partial charge is 0.322 e. The van der Waals surface area contributed by atoms with E-state index in [1.807, 2.05) is 0 Å². The van der Waals surface area contributed by atoms with E-state index >= 15 is 0 Å². The second-order valence-electron chi connectivity index (χ2n) is 4.86. The number of hydrogen-bond acceptors (Lipinski definition) is 3. The summed E-state index contributed by atoms with van der Waals surface area (Å²) in [5.41, 5.74) is 6.08. The van der Waals surface area contributed by atoms with E-state index in [-0.39, 0.29) is 17.9 Å². The SMILES string of the molecule is COc1ccc(NC(=O)N(CCC(=N)N)C2CC2)cc1. The zero-order valence-corrected chi connectivity index (χ0v) is 11.6. The molecule has 6 heteroatoms. The van der Waals surface area contributed by atoms with Gasteiger partial charge in [-0.25, -0.2) is 4.79 Å². The van der Waals surface area contributed by atoms with E-state index in [0.29, 0.717) is 13.0 Å². The zero-order chi connectivity index (χ0) is 14.5. The van der Waals surface area contributed by atoms with E-state index in [9.17, 15) is 4.79 Å². The highest BCUT2D eigenvalue weighted by molar-refractivity contribution is 5.90. The number of rotatable bonds is 6. The van der Waals surface area contributed by atoms with Crippen LogP contribution in [0.25, 0.3) is 0 Å². The maximum absolute atomic E-state index is 12.2. The van der Waals surface area contributed by atoms with E-state index in [1.54, 1.807) is 36.3 Å². The van der Waals surface area contributed by atoms with Gasteiger partial charge in [0, 0.05) is 24.7 Å². The first kappa shape index (κ1) is 14.2. The minimum atomic E-state index is -0.140. The molecule has 0 unspecified atom stereocenters. The van der Waals surface area contributed by atoms with Crippen LogP contribution in [0.3, 0.4) is 0 Å². The molecule has 0 atom stereocenters. The number of urea groups is 1. The third-order valence-corrected chi connectivity index (χ3v) is 3.21. The van der Waals surface area contributed by atoms with Crippen molar-refractivity contribution in [2.24, 2.45) is 5.73 Å². The molecule has 20 heavy (non-hydrogen) atoms. The number of nitrogens with two attached hydrogens (primary N) is 1. The number of methoxy groups -OCH3 is 1. The Hall–Kier alpha value is -2.24. The third kappa shape index (κ3) is 3.88. The van der Waals surface area contributed by atoms with Crippen molar-refractivity contribution < 1.29 is 9.53 Å². The van der Waals surface area contributed by atoms with Gasteiger partial charge in [0.1, 0.15) is 5.75 Å². The van der Waals surface area contributed by atoms with Gasteiger partial charge in [-0.1, -0.05) is 0 Å². The molecule has 0 bridgehead atoms. The summed E-state index contributed by atoms with van der Waals surface area (Å²) in [5.74, 6) is 0.853. The monoisotopic (exact) mass is 276 g/mol. The fourth-order valence-corrected chi connectivity index (χ4v) is 1.95. The van der Waals surface area contributed by atoms with Crippen LogP contribution in [-0.4, -0.2) is 36.5 Å². The van der Waals surface area contributed by atoms with Gasteiger partial charge in [0.25, 0.3) is 0 Å². The normalized spacial score (nSPS) is 13.7. The summed E-state index contributed by atoms with van der Waals surface area (Å²) >= 11 is 0. The van der Waals surface area contributed by atoms with Gasteiger partial charge in [-0.05, 0) is 37.1 Å². The lowest BCUT2D eigenvalue weighted by atomic mass is 10.3. The fourth-order valence-electron chi connectivity index (χ4n) is 1.95. The van der Waals surface area contributed by atoms with E-state index in [1.165, 1.54) is 0 Å². The number of benzene rings is 1. The van der Waals surface area contributed by atoms with E-state index in [0.717, 1.165) is 24.3 Å². The van der Waals surface area contributed by atoms with Gasteiger partial charge in [0.15, 0.2) is 0 Å². The van der Waals surface area contributed by atoms with Crippen molar-refractivity contribution in [2.75, 3.05) is 19.0 Å². The molecule has 6 nitrogen and oxygen atoms in total. The second kappa shape index (κ2) is 6.27. The van der Waals surface area contributed by atoms with Crippen LogP contribution < -0.4 is 15.8 Å². The summed E-state index contributed by atoms with van der Waals surface area (Å²) in [6.07, 6.45) is 2.45.